The quantitative estimate of drug-likeness (QED) is 0.846. The van der Waals surface area contributed by atoms with E-state index in [-0.39, 0.29) is 5.91 Å². The van der Waals surface area contributed by atoms with Gasteiger partial charge in [0.1, 0.15) is 0 Å². The second-order valence-corrected chi connectivity index (χ2v) is 6.08. The lowest BCUT2D eigenvalue weighted by Gasteiger charge is -2.27. The molecule has 4 nitrogen and oxygen atoms in total. The molecular formula is C20H23NO3. The molecule has 0 aliphatic rings. The fourth-order valence-electron chi connectivity index (χ4n) is 2.54. The Balaban J connectivity index is 2.21. The molecule has 0 saturated carbocycles. The van der Waals surface area contributed by atoms with E-state index in [2.05, 4.69) is 0 Å². The van der Waals surface area contributed by atoms with Crippen LogP contribution < -0.4 is 0 Å². The molecule has 0 aromatic heterocycles. The van der Waals surface area contributed by atoms with Gasteiger partial charge in [-0.05, 0) is 11.1 Å². The van der Waals surface area contributed by atoms with Crippen molar-refractivity contribution in [2.75, 3.05) is 0 Å². The normalized spacial score (nSPS) is 13.1. The second-order valence-electron chi connectivity index (χ2n) is 6.08. The number of carboxylic acids is 1. The lowest BCUT2D eigenvalue weighted by atomic mass is 9.94. The number of hydrogen-bond donors (Lipinski definition) is 1. The van der Waals surface area contributed by atoms with E-state index in [1.807, 2.05) is 60.7 Å². The molecule has 0 saturated heterocycles. The van der Waals surface area contributed by atoms with Crippen LogP contribution in [0.15, 0.2) is 60.7 Å². The largest absolute Gasteiger partial charge is 0.481 e. The van der Waals surface area contributed by atoms with Crippen molar-refractivity contribution in [3.8, 4) is 0 Å². The predicted molar refractivity (Wildman–Crippen MR) is 93.1 cm³/mol. The van der Waals surface area contributed by atoms with Gasteiger partial charge in [0, 0.05) is 19.0 Å². The minimum absolute atomic E-state index is 0.141. The Bertz CT molecular complexity index is 628. The van der Waals surface area contributed by atoms with Crippen LogP contribution in [-0.2, 0) is 22.7 Å². The van der Waals surface area contributed by atoms with Gasteiger partial charge in [0.15, 0.2) is 0 Å². The molecule has 0 spiro atoms. The second kappa shape index (κ2) is 8.29. The number of carbonyl (C=O) groups excluding carboxylic acids is 1. The third kappa shape index (κ3) is 4.69. The molecule has 1 amide bonds. The molecule has 2 aromatic carbocycles. The van der Waals surface area contributed by atoms with Crippen molar-refractivity contribution < 1.29 is 14.7 Å². The van der Waals surface area contributed by atoms with Gasteiger partial charge in [0.2, 0.25) is 5.91 Å². The SMILES string of the molecule is CC(C(=O)O)C(C)C(=O)N(Cc1ccccc1)Cc1ccccc1. The summed E-state index contributed by atoms with van der Waals surface area (Å²) in [5, 5.41) is 9.19. The average molecular weight is 325 g/mol. The summed E-state index contributed by atoms with van der Waals surface area (Å²) in [4.78, 5) is 25.8. The molecule has 2 unspecified atom stereocenters. The molecule has 2 aromatic rings. The highest BCUT2D eigenvalue weighted by Gasteiger charge is 2.29. The maximum absolute atomic E-state index is 12.9. The van der Waals surface area contributed by atoms with Crippen molar-refractivity contribution in [3.63, 3.8) is 0 Å². The number of nitrogens with zero attached hydrogens (tertiary/aromatic N) is 1. The van der Waals surface area contributed by atoms with Crippen LogP contribution in [-0.4, -0.2) is 21.9 Å². The fraction of sp³-hybridized carbons (Fsp3) is 0.300. The number of hydrogen-bond acceptors (Lipinski definition) is 2. The molecule has 1 N–H and O–H groups in total. The minimum atomic E-state index is -0.949. The zero-order valence-corrected chi connectivity index (χ0v) is 14.1. The first-order valence-electron chi connectivity index (χ1n) is 8.08. The standard InChI is InChI=1S/C20H23NO3/c1-15(16(2)20(23)24)19(22)21(13-17-9-5-3-6-10-17)14-18-11-7-4-8-12-18/h3-12,15-16H,13-14H2,1-2H3,(H,23,24). The molecule has 2 rings (SSSR count). The topological polar surface area (TPSA) is 57.6 Å². The van der Waals surface area contributed by atoms with E-state index >= 15 is 0 Å². The third-order valence-electron chi connectivity index (χ3n) is 4.27. The Morgan fingerprint density at radius 1 is 0.833 bits per heavy atom. The van der Waals surface area contributed by atoms with Gasteiger partial charge in [-0.2, -0.15) is 0 Å². The fourth-order valence-corrected chi connectivity index (χ4v) is 2.54. The zero-order chi connectivity index (χ0) is 17.5. The Hall–Kier alpha value is -2.62. The van der Waals surface area contributed by atoms with Crippen LogP contribution in [0.25, 0.3) is 0 Å². The Kier molecular flexibility index (Phi) is 6.13. The first-order chi connectivity index (χ1) is 11.5. The van der Waals surface area contributed by atoms with Crippen molar-refractivity contribution in [2.24, 2.45) is 11.8 Å². The zero-order valence-electron chi connectivity index (χ0n) is 14.1. The van der Waals surface area contributed by atoms with E-state index in [9.17, 15) is 14.7 Å². The predicted octanol–water partition coefficient (Wildman–Crippen LogP) is 3.57. The maximum Gasteiger partial charge on any atom is 0.307 e. The summed E-state index contributed by atoms with van der Waals surface area (Å²) in [7, 11) is 0. The molecule has 24 heavy (non-hydrogen) atoms. The van der Waals surface area contributed by atoms with E-state index in [0.29, 0.717) is 13.1 Å². The van der Waals surface area contributed by atoms with Crippen LogP contribution in [0.5, 0.6) is 0 Å². The molecule has 0 heterocycles. The van der Waals surface area contributed by atoms with Crippen molar-refractivity contribution in [2.45, 2.75) is 26.9 Å². The number of carboxylic acid groups (broad SMARTS) is 1. The molecule has 0 bridgehead atoms. The van der Waals surface area contributed by atoms with Gasteiger partial charge in [-0.3, -0.25) is 9.59 Å². The summed E-state index contributed by atoms with van der Waals surface area (Å²) < 4.78 is 0. The summed E-state index contributed by atoms with van der Waals surface area (Å²) in [6.07, 6.45) is 0. The van der Waals surface area contributed by atoms with Gasteiger partial charge in [-0.1, -0.05) is 74.5 Å². The van der Waals surface area contributed by atoms with Crippen LogP contribution in [0.4, 0.5) is 0 Å². The number of aliphatic carboxylic acids is 1. The molecule has 4 heteroatoms. The first kappa shape index (κ1) is 17.7. The Morgan fingerprint density at radius 3 is 1.62 bits per heavy atom. The molecule has 0 aliphatic carbocycles. The van der Waals surface area contributed by atoms with Crippen LogP contribution >= 0.6 is 0 Å². The van der Waals surface area contributed by atoms with Crippen molar-refractivity contribution >= 4 is 11.9 Å². The molecule has 126 valence electrons. The minimum Gasteiger partial charge on any atom is -0.481 e. The summed E-state index contributed by atoms with van der Waals surface area (Å²) in [6, 6.07) is 19.5. The maximum atomic E-state index is 12.9. The highest BCUT2D eigenvalue weighted by atomic mass is 16.4. The number of carbonyl (C=O) groups is 2. The number of amides is 1. The summed E-state index contributed by atoms with van der Waals surface area (Å²) in [5.41, 5.74) is 2.05. The summed E-state index contributed by atoms with van der Waals surface area (Å²) in [5.74, 6) is -2.38. The first-order valence-corrected chi connectivity index (χ1v) is 8.08. The van der Waals surface area contributed by atoms with Gasteiger partial charge < -0.3 is 10.0 Å². The summed E-state index contributed by atoms with van der Waals surface area (Å²) >= 11 is 0. The summed E-state index contributed by atoms with van der Waals surface area (Å²) in [6.45, 7) is 4.19. The molecule has 0 fully saturated rings. The Morgan fingerprint density at radius 2 is 1.25 bits per heavy atom. The number of benzene rings is 2. The van der Waals surface area contributed by atoms with Gasteiger partial charge in [-0.25, -0.2) is 0 Å². The van der Waals surface area contributed by atoms with Crippen LogP contribution in [0.3, 0.4) is 0 Å². The third-order valence-corrected chi connectivity index (χ3v) is 4.27. The van der Waals surface area contributed by atoms with Crippen molar-refractivity contribution in [1.82, 2.24) is 4.90 Å². The average Bonchev–Trinajstić information content (AvgIpc) is 2.61. The van der Waals surface area contributed by atoms with Gasteiger partial charge in [0.25, 0.3) is 0 Å². The highest BCUT2D eigenvalue weighted by molar-refractivity contribution is 5.84. The Labute approximate surface area is 142 Å². The molecule has 0 aliphatic heterocycles. The number of rotatable bonds is 7. The molecular weight excluding hydrogens is 302 g/mol. The van der Waals surface area contributed by atoms with E-state index in [4.69, 9.17) is 0 Å². The smallest absolute Gasteiger partial charge is 0.307 e. The van der Waals surface area contributed by atoms with Gasteiger partial charge in [-0.15, -0.1) is 0 Å². The van der Waals surface area contributed by atoms with Gasteiger partial charge in [0.05, 0.1) is 5.92 Å². The monoisotopic (exact) mass is 325 g/mol. The van der Waals surface area contributed by atoms with Gasteiger partial charge >= 0.3 is 5.97 Å². The highest BCUT2D eigenvalue weighted by Crippen LogP contribution is 2.19. The van der Waals surface area contributed by atoms with Crippen LogP contribution in [0, 0.1) is 11.8 Å². The van der Waals surface area contributed by atoms with E-state index in [0.717, 1.165) is 11.1 Å². The van der Waals surface area contributed by atoms with E-state index < -0.39 is 17.8 Å². The lowest BCUT2D eigenvalue weighted by Crippen LogP contribution is -2.38. The lowest BCUT2D eigenvalue weighted by molar-refractivity contribution is -0.149. The molecule has 2 atom stereocenters. The van der Waals surface area contributed by atoms with Crippen molar-refractivity contribution in [1.29, 1.82) is 0 Å². The van der Waals surface area contributed by atoms with E-state index in [1.54, 1.807) is 18.7 Å². The van der Waals surface area contributed by atoms with Crippen LogP contribution in [0.1, 0.15) is 25.0 Å². The van der Waals surface area contributed by atoms with Crippen molar-refractivity contribution in [3.05, 3.63) is 71.8 Å². The molecule has 0 radical (unpaired) electrons. The van der Waals surface area contributed by atoms with Crippen LogP contribution in [0.2, 0.25) is 0 Å². The van der Waals surface area contributed by atoms with E-state index in [1.165, 1.54) is 0 Å².